The van der Waals surface area contributed by atoms with Crippen LogP contribution in [0.4, 0.5) is 0 Å². The topological polar surface area (TPSA) is 0 Å². The highest BCUT2D eigenvalue weighted by Gasteiger charge is 1.83. The fraction of sp³-hybridized carbons (Fsp3) is 0.357. The first-order valence-electron chi connectivity index (χ1n) is 5.47. The minimum atomic E-state index is 1.14. The molecule has 1 rings (SSSR count). The molecule has 0 fully saturated rings. The normalized spacial score (nSPS) is 28.6. The lowest BCUT2D eigenvalue weighted by Crippen LogP contribution is -1.73. The monoisotopic (exact) mass is 187 g/mol. The third-order valence-electron chi connectivity index (χ3n) is 2.12. The van der Waals surface area contributed by atoms with Crippen molar-refractivity contribution in [3.63, 3.8) is 0 Å². The minimum Gasteiger partial charge on any atom is -0.0882 e. The van der Waals surface area contributed by atoms with Crippen LogP contribution in [0.15, 0.2) is 48.6 Å². The summed E-state index contributed by atoms with van der Waals surface area (Å²) < 4.78 is 0. The highest BCUT2D eigenvalue weighted by atomic mass is 13.9. The Morgan fingerprint density at radius 1 is 0.500 bits per heavy atom. The second-order valence-corrected chi connectivity index (χ2v) is 3.41. The molecule has 0 amide bonds. The largest absolute Gasteiger partial charge is 0.0882 e. The van der Waals surface area contributed by atoms with Crippen molar-refractivity contribution in [3.8, 4) is 0 Å². The Hall–Kier alpha value is -1.04. The summed E-state index contributed by atoms with van der Waals surface area (Å²) in [6.45, 7) is 0. The number of rotatable bonds is 0. The molecule has 1 aliphatic carbocycles. The zero-order valence-electron chi connectivity index (χ0n) is 8.73. The van der Waals surface area contributed by atoms with Crippen LogP contribution in [0.1, 0.15) is 32.1 Å². The molecule has 0 spiro atoms. The van der Waals surface area contributed by atoms with E-state index in [1.165, 1.54) is 19.3 Å². The molecule has 1 aliphatic rings. The number of allylic oxidation sites excluding steroid dienone is 8. The van der Waals surface area contributed by atoms with E-state index in [9.17, 15) is 0 Å². The molecular weight excluding hydrogens is 168 g/mol. The van der Waals surface area contributed by atoms with E-state index >= 15 is 0 Å². The Bertz CT molecular complexity index is 204. The molecule has 0 atom stereocenters. The van der Waals surface area contributed by atoms with Gasteiger partial charge in [-0.2, -0.15) is 0 Å². The van der Waals surface area contributed by atoms with Crippen molar-refractivity contribution < 1.29 is 0 Å². The second-order valence-electron chi connectivity index (χ2n) is 3.41. The van der Waals surface area contributed by atoms with Crippen LogP contribution in [0.2, 0.25) is 0 Å². The van der Waals surface area contributed by atoms with E-state index in [4.69, 9.17) is 0 Å². The van der Waals surface area contributed by atoms with E-state index in [1.807, 2.05) is 0 Å². The highest BCUT2D eigenvalue weighted by molar-refractivity contribution is 5.11. The molecule has 0 nitrogen and oxygen atoms in total. The van der Waals surface area contributed by atoms with E-state index in [2.05, 4.69) is 55.0 Å². The summed E-state index contributed by atoms with van der Waals surface area (Å²) in [4.78, 5) is 0. The standard InChI is InChI=1S/C14H19/c1-2-4-6-8-10-12-14-13-11-9-7-5-3-1/h1-6,11,13-14H,7-10,12H2/b2-1+,5-3+,6-4-,14-13+. The van der Waals surface area contributed by atoms with Crippen LogP contribution in [-0.4, -0.2) is 0 Å². The van der Waals surface area contributed by atoms with Gasteiger partial charge in [-0.25, -0.2) is 0 Å². The fourth-order valence-electron chi connectivity index (χ4n) is 1.31. The zero-order chi connectivity index (χ0) is 9.90. The molecule has 0 aromatic carbocycles. The maximum absolute atomic E-state index is 2.26. The van der Waals surface area contributed by atoms with Crippen LogP contribution in [0.25, 0.3) is 0 Å². The molecule has 1 radical (unpaired) electrons. The third-order valence-corrected chi connectivity index (χ3v) is 2.12. The first-order valence-corrected chi connectivity index (χ1v) is 5.47. The fourth-order valence-corrected chi connectivity index (χ4v) is 1.31. The van der Waals surface area contributed by atoms with Crippen LogP contribution in [0, 0.1) is 6.42 Å². The van der Waals surface area contributed by atoms with Crippen molar-refractivity contribution in [2.24, 2.45) is 0 Å². The van der Waals surface area contributed by atoms with Crippen LogP contribution >= 0.6 is 0 Å². The van der Waals surface area contributed by atoms with Crippen molar-refractivity contribution in [1.29, 1.82) is 0 Å². The number of hydrogen-bond donors (Lipinski definition) is 0. The maximum atomic E-state index is 2.26. The summed E-state index contributed by atoms with van der Waals surface area (Å²) >= 11 is 0. The van der Waals surface area contributed by atoms with E-state index in [0.29, 0.717) is 0 Å². The van der Waals surface area contributed by atoms with Crippen LogP contribution < -0.4 is 0 Å². The summed E-state index contributed by atoms with van der Waals surface area (Å²) in [6, 6.07) is 0. The van der Waals surface area contributed by atoms with Gasteiger partial charge in [0.2, 0.25) is 0 Å². The van der Waals surface area contributed by atoms with Gasteiger partial charge in [-0.15, -0.1) is 0 Å². The van der Waals surface area contributed by atoms with Gasteiger partial charge < -0.3 is 0 Å². The van der Waals surface area contributed by atoms with Crippen LogP contribution in [0.5, 0.6) is 0 Å². The lowest BCUT2D eigenvalue weighted by atomic mass is 10.1. The van der Waals surface area contributed by atoms with Gasteiger partial charge >= 0.3 is 0 Å². The molecule has 0 saturated carbocycles. The van der Waals surface area contributed by atoms with Crippen LogP contribution in [0.3, 0.4) is 0 Å². The predicted molar refractivity (Wildman–Crippen MR) is 63.9 cm³/mol. The average Bonchev–Trinajstić information content (AvgIpc) is 2.22. The summed E-state index contributed by atoms with van der Waals surface area (Å²) in [5.74, 6) is 0. The first-order chi connectivity index (χ1) is 7.00. The smallest absolute Gasteiger partial charge is 0.0167 e. The van der Waals surface area contributed by atoms with Crippen molar-refractivity contribution in [2.45, 2.75) is 32.1 Å². The summed E-state index contributed by atoms with van der Waals surface area (Å²) in [5.41, 5.74) is 0. The molecule has 0 heteroatoms. The second kappa shape index (κ2) is 8.55. The Balaban J connectivity index is 2.35. The predicted octanol–water partition coefficient (Wildman–Crippen LogP) is 4.38. The Labute approximate surface area is 87.7 Å². The Morgan fingerprint density at radius 3 is 1.93 bits per heavy atom. The summed E-state index contributed by atoms with van der Waals surface area (Å²) in [5, 5.41) is 0. The molecule has 0 N–H and O–H groups in total. The summed E-state index contributed by atoms with van der Waals surface area (Å²) in [7, 11) is 0. The van der Waals surface area contributed by atoms with Gasteiger partial charge in [0.05, 0.1) is 0 Å². The summed E-state index contributed by atoms with van der Waals surface area (Å²) in [6.07, 6.45) is 25.5. The maximum Gasteiger partial charge on any atom is -0.0167 e. The number of hydrogen-bond acceptors (Lipinski definition) is 0. The lowest BCUT2D eigenvalue weighted by Gasteiger charge is -1.92. The molecule has 0 unspecified atom stereocenters. The molecule has 0 bridgehead atoms. The van der Waals surface area contributed by atoms with E-state index < -0.39 is 0 Å². The van der Waals surface area contributed by atoms with Gasteiger partial charge in [-0.05, 0) is 38.5 Å². The van der Waals surface area contributed by atoms with Gasteiger partial charge in [-0.1, -0.05) is 48.6 Å². The quantitative estimate of drug-likeness (QED) is 0.528. The third kappa shape index (κ3) is 6.47. The molecule has 0 saturated heterocycles. The van der Waals surface area contributed by atoms with E-state index in [1.54, 1.807) is 0 Å². The average molecular weight is 187 g/mol. The van der Waals surface area contributed by atoms with Gasteiger partial charge in [0.1, 0.15) is 0 Å². The lowest BCUT2D eigenvalue weighted by molar-refractivity contribution is 0.865. The molecule has 75 valence electrons. The van der Waals surface area contributed by atoms with Crippen molar-refractivity contribution >= 4 is 0 Å². The molecule has 14 heavy (non-hydrogen) atoms. The highest BCUT2D eigenvalue weighted by Crippen LogP contribution is 2.02. The molecule has 0 aromatic rings. The van der Waals surface area contributed by atoms with E-state index in [-0.39, 0.29) is 0 Å². The Kier molecular flexibility index (Phi) is 6.74. The van der Waals surface area contributed by atoms with Gasteiger partial charge in [0.25, 0.3) is 0 Å². The van der Waals surface area contributed by atoms with Crippen molar-refractivity contribution in [1.82, 2.24) is 0 Å². The van der Waals surface area contributed by atoms with Crippen molar-refractivity contribution in [3.05, 3.63) is 55.0 Å². The first kappa shape index (κ1) is 11.0. The van der Waals surface area contributed by atoms with Crippen LogP contribution in [-0.2, 0) is 0 Å². The zero-order valence-corrected chi connectivity index (χ0v) is 8.73. The SMILES string of the molecule is [CH]1/C=C/CCC\C=C/C=C/C=C/CC1. The molecule has 0 aliphatic heterocycles. The van der Waals surface area contributed by atoms with Gasteiger partial charge in [0, 0.05) is 0 Å². The van der Waals surface area contributed by atoms with E-state index in [0.717, 1.165) is 12.8 Å². The Morgan fingerprint density at radius 2 is 1.14 bits per heavy atom. The molecule has 0 heterocycles. The molecular formula is C14H19. The van der Waals surface area contributed by atoms with Crippen molar-refractivity contribution in [2.75, 3.05) is 0 Å². The van der Waals surface area contributed by atoms with Gasteiger partial charge in [0.15, 0.2) is 0 Å². The van der Waals surface area contributed by atoms with Gasteiger partial charge in [-0.3, -0.25) is 0 Å². The minimum absolute atomic E-state index is 1.14. The molecule has 0 aromatic heterocycles.